The van der Waals surface area contributed by atoms with E-state index < -0.39 is 10.8 Å². The third kappa shape index (κ3) is 3.94. The van der Waals surface area contributed by atoms with Gasteiger partial charge in [-0.15, -0.1) is 0 Å². The van der Waals surface area contributed by atoms with Gasteiger partial charge in [0, 0.05) is 11.6 Å². The highest BCUT2D eigenvalue weighted by molar-refractivity contribution is 5.94. The van der Waals surface area contributed by atoms with Crippen LogP contribution in [0.25, 0.3) is 0 Å². The standard InChI is InChI=1S/C19H21N3O5/c1-11(2)18(12-4-6-16-17(10-12)27-8-7-26-16)21-14-5-3-13(19(20)23)9-15(14)22(24)25/h3-6,9-11,18,21H,7-8H2,1-2H3,(H2,20,23). The number of primary amides is 1. The maximum Gasteiger partial charge on any atom is 0.293 e. The Bertz CT molecular complexity index is 882. The maximum atomic E-state index is 11.5. The minimum absolute atomic E-state index is 0.0904. The Morgan fingerprint density at radius 3 is 2.48 bits per heavy atom. The van der Waals surface area contributed by atoms with Crippen LogP contribution in [0.1, 0.15) is 35.8 Å². The molecular formula is C19H21N3O5. The summed E-state index contributed by atoms with van der Waals surface area (Å²) in [6.45, 7) is 5.02. The number of nitrogens with two attached hydrogens (primary N) is 1. The van der Waals surface area contributed by atoms with E-state index in [1.54, 1.807) is 0 Å². The zero-order chi connectivity index (χ0) is 19.6. The molecule has 0 fully saturated rings. The third-order valence-corrected chi connectivity index (χ3v) is 4.38. The molecule has 3 rings (SSSR count). The molecule has 27 heavy (non-hydrogen) atoms. The van der Waals surface area contributed by atoms with Gasteiger partial charge in [-0.25, -0.2) is 0 Å². The number of rotatable bonds is 6. The van der Waals surface area contributed by atoms with Gasteiger partial charge in [0.25, 0.3) is 5.69 Å². The highest BCUT2D eigenvalue weighted by Crippen LogP contribution is 2.37. The van der Waals surface area contributed by atoms with Crippen molar-refractivity contribution in [2.75, 3.05) is 18.5 Å². The monoisotopic (exact) mass is 371 g/mol. The van der Waals surface area contributed by atoms with Crippen molar-refractivity contribution >= 4 is 17.3 Å². The quantitative estimate of drug-likeness (QED) is 0.594. The normalized spacial score (nSPS) is 13.9. The molecule has 142 valence electrons. The lowest BCUT2D eigenvalue weighted by atomic mass is 9.95. The van der Waals surface area contributed by atoms with Crippen molar-refractivity contribution in [3.8, 4) is 11.5 Å². The summed E-state index contributed by atoms with van der Waals surface area (Å²) >= 11 is 0. The molecule has 1 heterocycles. The van der Waals surface area contributed by atoms with Crippen LogP contribution in [-0.4, -0.2) is 24.0 Å². The number of hydrogen-bond donors (Lipinski definition) is 2. The predicted octanol–water partition coefficient (Wildman–Crippen LogP) is 3.27. The number of carbonyl (C=O) groups excluding carboxylic acids is 1. The van der Waals surface area contributed by atoms with Crippen LogP contribution in [0.5, 0.6) is 11.5 Å². The van der Waals surface area contributed by atoms with E-state index in [2.05, 4.69) is 5.32 Å². The third-order valence-electron chi connectivity index (χ3n) is 4.38. The van der Waals surface area contributed by atoms with Gasteiger partial charge in [-0.3, -0.25) is 14.9 Å². The van der Waals surface area contributed by atoms with Crippen LogP contribution in [0.2, 0.25) is 0 Å². The van der Waals surface area contributed by atoms with E-state index in [0.29, 0.717) is 30.4 Å². The molecule has 1 aliphatic heterocycles. The van der Waals surface area contributed by atoms with E-state index in [1.165, 1.54) is 18.2 Å². The highest BCUT2D eigenvalue weighted by atomic mass is 16.6. The fraction of sp³-hybridized carbons (Fsp3) is 0.316. The summed E-state index contributed by atoms with van der Waals surface area (Å²) in [5, 5.41) is 14.7. The van der Waals surface area contributed by atoms with Crippen molar-refractivity contribution in [2.24, 2.45) is 11.7 Å². The van der Waals surface area contributed by atoms with Crippen LogP contribution in [0.15, 0.2) is 36.4 Å². The second-order valence-electron chi connectivity index (χ2n) is 6.62. The van der Waals surface area contributed by atoms with Gasteiger partial charge in [-0.05, 0) is 35.7 Å². The number of benzene rings is 2. The number of nitrogens with one attached hydrogen (secondary N) is 1. The zero-order valence-corrected chi connectivity index (χ0v) is 15.1. The molecule has 2 aromatic rings. The van der Waals surface area contributed by atoms with E-state index in [1.807, 2.05) is 32.0 Å². The number of ether oxygens (including phenoxy) is 2. The molecule has 0 saturated carbocycles. The fourth-order valence-electron chi connectivity index (χ4n) is 3.01. The second-order valence-corrected chi connectivity index (χ2v) is 6.62. The summed E-state index contributed by atoms with van der Waals surface area (Å²) in [5.41, 5.74) is 6.36. The molecule has 3 N–H and O–H groups in total. The predicted molar refractivity (Wildman–Crippen MR) is 100 cm³/mol. The van der Waals surface area contributed by atoms with Gasteiger partial charge in [-0.1, -0.05) is 19.9 Å². The summed E-state index contributed by atoms with van der Waals surface area (Å²) in [6.07, 6.45) is 0. The molecule has 0 spiro atoms. The molecule has 0 aliphatic carbocycles. The Balaban J connectivity index is 1.95. The summed E-state index contributed by atoms with van der Waals surface area (Å²) in [6, 6.07) is 9.59. The van der Waals surface area contributed by atoms with Gasteiger partial charge in [0.2, 0.25) is 5.91 Å². The first-order chi connectivity index (χ1) is 12.9. The average molecular weight is 371 g/mol. The Labute approximate surface area is 156 Å². The van der Waals surface area contributed by atoms with Crippen LogP contribution in [-0.2, 0) is 0 Å². The van der Waals surface area contributed by atoms with Crippen molar-refractivity contribution in [1.82, 2.24) is 0 Å². The van der Waals surface area contributed by atoms with Crippen LogP contribution < -0.4 is 20.5 Å². The van der Waals surface area contributed by atoms with Gasteiger partial charge in [0.05, 0.1) is 11.0 Å². The molecule has 1 aliphatic rings. The number of anilines is 1. The molecular weight excluding hydrogens is 350 g/mol. The first-order valence-corrected chi connectivity index (χ1v) is 8.61. The van der Waals surface area contributed by atoms with E-state index in [0.717, 1.165) is 5.56 Å². The van der Waals surface area contributed by atoms with Gasteiger partial charge in [0.15, 0.2) is 11.5 Å². The lowest BCUT2D eigenvalue weighted by Crippen LogP contribution is -2.20. The molecule has 8 nitrogen and oxygen atoms in total. The number of fused-ring (bicyclic) bond motifs is 1. The van der Waals surface area contributed by atoms with Crippen LogP contribution in [0, 0.1) is 16.0 Å². The fourth-order valence-corrected chi connectivity index (χ4v) is 3.01. The van der Waals surface area contributed by atoms with Crippen LogP contribution in [0.4, 0.5) is 11.4 Å². The summed E-state index contributed by atoms with van der Waals surface area (Å²) in [7, 11) is 0. The molecule has 0 bridgehead atoms. The molecule has 0 radical (unpaired) electrons. The topological polar surface area (TPSA) is 117 Å². The Morgan fingerprint density at radius 2 is 1.85 bits per heavy atom. The van der Waals surface area contributed by atoms with E-state index in [4.69, 9.17) is 15.2 Å². The van der Waals surface area contributed by atoms with Crippen LogP contribution >= 0.6 is 0 Å². The molecule has 0 saturated heterocycles. The lowest BCUT2D eigenvalue weighted by Gasteiger charge is -2.26. The number of nitrogens with zero attached hydrogens (tertiary/aromatic N) is 1. The van der Waals surface area contributed by atoms with Crippen molar-refractivity contribution < 1.29 is 19.2 Å². The Kier molecular flexibility index (Phi) is 5.16. The highest BCUT2D eigenvalue weighted by Gasteiger charge is 2.24. The first-order valence-electron chi connectivity index (χ1n) is 8.61. The van der Waals surface area contributed by atoms with Gasteiger partial charge >= 0.3 is 0 Å². The lowest BCUT2D eigenvalue weighted by molar-refractivity contribution is -0.384. The minimum Gasteiger partial charge on any atom is -0.486 e. The van der Waals surface area contributed by atoms with E-state index >= 15 is 0 Å². The molecule has 0 aromatic heterocycles. The van der Waals surface area contributed by atoms with Gasteiger partial charge in [0.1, 0.15) is 18.9 Å². The Morgan fingerprint density at radius 1 is 1.15 bits per heavy atom. The largest absolute Gasteiger partial charge is 0.486 e. The second kappa shape index (κ2) is 7.53. The summed E-state index contributed by atoms with van der Waals surface area (Å²) in [4.78, 5) is 22.2. The number of hydrogen-bond acceptors (Lipinski definition) is 6. The van der Waals surface area contributed by atoms with Gasteiger partial charge < -0.3 is 20.5 Å². The molecule has 8 heteroatoms. The number of nitro benzene ring substituents is 1. The van der Waals surface area contributed by atoms with Crippen LogP contribution in [0.3, 0.4) is 0 Å². The molecule has 2 aromatic carbocycles. The number of carbonyl (C=O) groups is 1. The molecule has 1 unspecified atom stereocenters. The van der Waals surface area contributed by atoms with Crippen molar-refractivity contribution in [3.05, 3.63) is 57.6 Å². The van der Waals surface area contributed by atoms with Crippen molar-refractivity contribution in [1.29, 1.82) is 0 Å². The summed E-state index contributed by atoms with van der Waals surface area (Å²) < 4.78 is 11.2. The SMILES string of the molecule is CC(C)C(Nc1ccc(C(N)=O)cc1[N+](=O)[O-])c1ccc2c(c1)OCCO2. The smallest absolute Gasteiger partial charge is 0.293 e. The molecule has 1 atom stereocenters. The van der Waals surface area contributed by atoms with Crippen molar-refractivity contribution in [3.63, 3.8) is 0 Å². The van der Waals surface area contributed by atoms with Gasteiger partial charge in [-0.2, -0.15) is 0 Å². The molecule has 1 amide bonds. The van der Waals surface area contributed by atoms with E-state index in [9.17, 15) is 14.9 Å². The Hall–Kier alpha value is -3.29. The van der Waals surface area contributed by atoms with E-state index in [-0.39, 0.29) is 23.2 Å². The maximum absolute atomic E-state index is 11.5. The first kappa shape index (κ1) is 18.5. The average Bonchev–Trinajstić information content (AvgIpc) is 2.65. The van der Waals surface area contributed by atoms with Crippen molar-refractivity contribution in [2.45, 2.75) is 19.9 Å². The summed E-state index contributed by atoms with van der Waals surface area (Å²) in [5.74, 6) is 0.758. The minimum atomic E-state index is -0.711. The number of nitro groups is 1. The number of amides is 1. The zero-order valence-electron chi connectivity index (χ0n) is 15.1.